The molecule has 0 unspecified atom stereocenters. The highest BCUT2D eigenvalue weighted by molar-refractivity contribution is 7.18. The van der Waals surface area contributed by atoms with Crippen molar-refractivity contribution in [1.29, 1.82) is 0 Å². The number of benzene rings is 2. The smallest absolute Gasteiger partial charge is 0.145 e. The van der Waals surface area contributed by atoms with Crippen LogP contribution in [0.25, 0.3) is 10.2 Å². The van der Waals surface area contributed by atoms with Crippen molar-refractivity contribution < 1.29 is 19.1 Å². The average Bonchev–Trinajstić information content (AvgIpc) is 3.44. The maximum Gasteiger partial charge on any atom is 0.145 e. The first-order valence-electron chi connectivity index (χ1n) is 11.6. The summed E-state index contributed by atoms with van der Waals surface area (Å²) in [4.78, 5) is 14.8. The lowest BCUT2D eigenvalue weighted by Crippen LogP contribution is -2.50. The molecule has 2 atom stereocenters. The second kappa shape index (κ2) is 10.4. The van der Waals surface area contributed by atoms with E-state index >= 15 is 0 Å². The number of aromatic nitrogens is 1. The molecule has 2 aromatic carbocycles. The summed E-state index contributed by atoms with van der Waals surface area (Å²) < 4.78 is 20.1. The Labute approximate surface area is 202 Å². The third kappa shape index (κ3) is 5.72. The fraction of sp³-hybridized carbons (Fsp3) is 0.440. The Balaban J connectivity index is 1.01. The number of thiazole rings is 1. The SMILES string of the molecule is Cc1nc2cc(OC[C@H](O)CN3CCN(C[C@H]4CC(c5ccc(F)cc5)=NO4)CC3)ccc2s1. The Morgan fingerprint density at radius 2 is 1.91 bits per heavy atom. The molecule has 1 N–H and O–H groups in total. The van der Waals surface area contributed by atoms with Crippen molar-refractivity contribution in [3.63, 3.8) is 0 Å². The van der Waals surface area contributed by atoms with Crippen LogP contribution in [0.5, 0.6) is 5.75 Å². The summed E-state index contributed by atoms with van der Waals surface area (Å²) >= 11 is 1.66. The lowest BCUT2D eigenvalue weighted by molar-refractivity contribution is 0.0187. The number of aliphatic hydroxyl groups excluding tert-OH is 1. The van der Waals surface area contributed by atoms with Gasteiger partial charge in [-0.05, 0) is 36.8 Å². The Hall–Kier alpha value is -2.59. The first-order chi connectivity index (χ1) is 16.5. The van der Waals surface area contributed by atoms with Gasteiger partial charge in [-0.15, -0.1) is 11.3 Å². The van der Waals surface area contributed by atoms with Crippen LogP contribution in [0.3, 0.4) is 0 Å². The Bertz CT molecular complexity index is 1140. The van der Waals surface area contributed by atoms with E-state index in [9.17, 15) is 9.50 Å². The van der Waals surface area contributed by atoms with Crippen LogP contribution >= 0.6 is 11.3 Å². The highest BCUT2D eigenvalue weighted by Crippen LogP contribution is 2.25. The van der Waals surface area contributed by atoms with E-state index < -0.39 is 6.10 Å². The molecule has 1 saturated heterocycles. The lowest BCUT2D eigenvalue weighted by atomic mass is 10.0. The second-order valence-electron chi connectivity index (χ2n) is 8.90. The summed E-state index contributed by atoms with van der Waals surface area (Å²) in [6, 6.07) is 12.3. The fourth-order valence-electron chi connectivity index (χ4n) is 4.44. The normalized spacial score (nSPS) is 20.3. The molecule has 2 aliphatic rings. The first-order valence-corrected chi connectivity index (χ1v) is 12.4. The third-order valence-electron chi connectivity index (χ3n) is 6.21. The van der Waals surface area contributed by atoms with Gasteiger partial charge in [0, 0.05) is 51.8 Å². The molecule has 9 heteroatoms. The quantitative estimate of drug-likeness (QED) is 0.529. The first kappa shape index (κ1) is 23.2. The number of aliphatic hydroxyl groups is 1. The summed E-state index contributed by atoms with van der Waals surface area (Å²) in [7, 11) is 0. The van der Waals surface area contributed by atoms with E-state index in [1.807, 2.05) is 25.1 Å². The van der Waals surface area contributed by atoms with Crippen LogP contribution in [0.1, 0.15) is 17.0 Å². The number of oxime groups is 1. The van der Waals surface area contributed by atoms with E-state index in [0.717, 1.165) is 71.4 Å². The van der Waals surface area contributed by atoms with E-state index in [1.54, 1.807) is 23.5 Å². The van der Waals surface area contributed by atoms with Gasteiger partial charge < -0.3 is 14.7 Å². The van der Waals surface area contributed by atoms with Gasteiger partial charge in [0.2, 0.25) is 0 Å². The molecule has 180 valence electrons. The molecule has 0 saturated carbocycles. The molecular formula is C25H29FN4O3S. The molecule has 1 fully saturated rings. The number of rotatable bonds is 8. The molecule has 34 heavy (non-hydrogen) atoms. The number of fused-ring (bicyclic) bond motifs is 1. The van der Waals surface area contributed by atoms with Crippen molar-refractivity contribution in [1.82, 2.24) is 14.8 Å². The Kier molecular flexibility index (Phi) is 7.05. The molecule has 5 rings (SSSR count). The standard InChI is InChI=1S/C25H29FN4O3S/c1-17-27-24-12-21(6-7-25(24)34-17)32-16-20(31)14-29-8-10-30(11-9-29)15-22-13-23(28-33-22)18-2-4-19(26)5-3-18/h2-7,12,20,22,31H,8-11,13-16H2,1H3/t20-,22-/m1/s1. The number of nitrogens with zero attached hydrogens (tertiary/aromatic N) is 4. The summed E-state index contributed by atoms with van der Waals surface area (Å²) in [5, 5.41) is 15.7. The highest BCUT2D eigenvalue weighted by atomic mass is 32.1. The summed E-state index contributed by atoms with van der Waals surface area (Å²) in [6.45, 7) is 7.26. The number of ether oxygens (including phenoxy) is 1. The number of piperazine rings is 1. The zero-order valence-electron chi connectivity index (χ0n) is 19.2. The van der Waals surface area contributed by atoms with Crippen molar-refractivity contribution in [2.45, 2.75) is 25.6 Å². The van der Waals surface area contributed by atoms with Crippen LogP contribution < -0.4 is 4.74 Å². The molecule has 0 amide bonds. The zero-order chi connectivity index (χ0) is 23.5. The van der Waals surface area contributed by atoms with Gasteiger partial charge in [-0.3, -0.25) is 9.80 Å². The number of hydrogen-bond acceptors (Lipinski definition) is 8. The molecule has 0 spiro atoms. The molecule has 1 aromatic heterocycles. The van der Waals surface area contributed by atoms with E-state index in [0.29, 0.717) is 6.54 Å². The van der Waals surface area contributed by atoms with Gasteiger partial charge >= 0.3 is 0 Å². The van der Waals surface area contributed by atoms with Gasteiger partial charge in [0.15, 0.2) is 0 Å². The largest absolute Gasteiger partial charge is 0.491 e. The molecule has 3 aromatic rings. The van der Waals surface area contributed by atoms with Crippen molar-refractivity contribution in [2.24, 2.45) is 5.16 Å². The highest BCUT2D eigenvalue weighted by Gasteiger charge is 2.27. The maximum absolute atomic E-state index is 13.1. The van der Waals surface area contributed by atoms with Crippen molar-refractivity contribution in [2.75, 3.05) is 45.9 Å². The van der Waals surface area contributed by atoms with Crippen LogP contribution in [0.15, 0.2) is 47.6 Å². The van der Waals surface area contributed by atoms with E-state index in [-0.39, 0.29) is 18.5 Å². The monoisotopic (exact) mass is 484 g/mol. The fourth-order valence-corrected chi connectivity index (χ4v) is 5.24. The summed E-state index contributed by atoms with van der Waals surface area (Å²) in [5.41, 5.74) is 2.72. The minimum atomic E-state index is -0.552. The van der Waals surface area contributed by atoms with Crippen LogP contribution in [-0.2, 0) is 4.84 Å². The molecule has 0 aliphatic carbocycles. The van der Waals surface area contributed by atoms with Gasteiger partial charge in [-0.2, -0.15) is 0 Å². The summed E-state index contributed by atoms with van der Waals surface area (Å²) in [5.74, 6) is 0.488. The minimum Gasteiger partial charge on any atom is -0.491 e. The van der Waals surface area contributed by atoms with Gasteiger partial charge in [-0.1, -0.05) is 17.3 Å². The number of β-amino-alcohol motifs (C(OH)–C–C–N with tert-alkyl or cyclic N) is 1. The predicted octanol–water partition coefficient (Wildman–Crippen LogP) is 3.29. The number of aryl methyl sites for hydroxylation is 1. The van der Waals surface area contributed by atoms with E-state index in [1.165, 1.54) is 12.1 Å². The molecular weight excluding hydrogens is 455 g/mol. The molecule has 7 nitrogen and oxygen atoms in total. The minimum absolute atomic E-state index is 0.0180. The Morgan fingerprint density at radius 3 is 2.71 bits per heavy atom. The van der Waals surface area contributed by atoms with E-state index in [2.05, 4.69) is 19.9 Å². The van der Waals surface area contributed by atoms with Crippen LogP contribution in [0, 0.1) is 12.7 Å². The van der Waals surface area contributed by atoms with Crippen molar-refractivity contribution >= 4 is 27.3 Å². The maximum atomic E-state index is 13.1. The van der Waals surface area contributed by atoms with Gasteiger partial charge in [0.1, 0.15) is 30.4 Å². The predicted molar refractivity (Wildman–Crippen MR) is 131 cm³/mol. The Morgan fingerprint density at radius 1 is 1.15 bits per heavy atom. The summed E-state index contributed by atoms with van der Waals surface area (Å²) in [6.07, 6.45) is 0.197. The lowest BCUT2D eigenvalue weighted by Gasteiger charge is -2.36. The average molecular weight is 485 g/mol. The van der Waals surface area contributed by atoms with Crippen molar-refractivity contribution in [3.8, 4) is 5.75 Å². The second-order valence-corrected chi connectivity index (χ2v) is 10.1. The van der Waals surface area contributed by atoms with Gasteiger partial charge in [0.05, 0.1) is 20.9 Å². The third-order valence-corrected chi connectivity index (χ3v) is 7.17. The topological polar surface area (TPSA) is 70.4 Å². The van der Waals surface area contributed by atoms with Crippen LogP contribution in [-0.4, -0.2) is 83.7 Å². The van der Waals surface area contributed by atoms with E-state index in [4.69, 9.17) is 9.57 Å². The van der Waals surface area contributed by atoms with Gasteiger partial charge in [-0.25, -0.2) is 9.37 Å². The van der Waals surface area contributed by atoms with Gasteiger partial charge in [0.25, 0.3) is 0 Å². The molecule has 3 heterocycles. The molecule has 0 bridgehead atoms. The number of hydrogen-bond donors (Lipinski definition) is 1. The van der Waals surface area contributed by atoms with Crippen LogP contribution in [0.4, 0.5) is 4.39 Å². The molecule has 0 radical (unpaired) electrons. The van der Waals surface area contributed by atoms with Crippen LogP contribution in [0.2, 0.25) is 0 Å². The zero-order valence-corrected chi connectivity index (χ0v) is 20.0. The molecule has 2 aliphatic heterocycles. The van der Waals surface area contributed by atoms with Crippen molar-refractivity contribution in [3.05, 3.63) is 58.9 Å². The number of halogens is 1.